The second-order valence-electron chi connectivity index (χ2n) is 6.96. The highest BCUT2D eigenvalue weighted by molar-refractivity contribution is 5.90. The van der Waals surface area contributed by atoms with E-state index in [1.165, 1.54) is 6.42 Å². The summed E-state index contributed by atoms with van der Waals surface area (Å²) in [5.74, 6) is -1.38. The maximum atomic E-state index is 12.3. The first-order valence-electron chi connectivity index (χ1n) is 9.34. The van der Waals surface area contributed by atoms with Crippen LogP contribution in [0.15, 0.2) is 30.3 Å². The van der Waals surface area contributed by atoms with Crippen LogP contribution in [0.5, 0.6) is 0 Å². The fourth-order valence-corrected chi connectivity index (χ4v) is 3.60. The molecule has 2 rings (SSSR count). The van der Waals surface area contributed by atoms with Gasteiger partial charge in [0.15, 0.2) is 5.54 Å². The van der Waals surface area contributed by atoms with Crippen LogP contribution in [0.4, 0.5) is 0 Å². The van der Waals surface area contributed by atoms with E-state index in [1.54, 1.807) is 37.3 Å². The molecule has 1 aliphatic rings. The van der Waals surface area contributed by atoms with Gasteiger partial charge in [-0.3, -0.25) is 9.59 Å². The Labute approximate surface area is 154 Å². The zero-order valence-electron chi connectivity index (χ0n) is 15.3. The van der Waals surface area contributed by atoms with Crippen LogP contribution in [-0.4, -0.2) is 29.4 Å². The lowest BCUT2D eigenvalue weighted by atomic mass is 9.86. The highest BCUT2D eigenvalue weighted by Crippen LogP contribution is 2.26. The monoisotopic (exact) mass is 360 g/mol. The first kappa shape index (κ1) is 19.9. The Morgan fingerprint density at radius 3 is 2.31 bits per heavy atom. The smallest absolute Gasteiger partial charge is 0.334 e. The Balaban J connectivity index is 1.93. The molecular weight excluding hydrogens is 332 g/mol. The summed E-state index contributed by atoms with van der Waals surface area (Å²) in [5.41, 5.74) is -0.983. The molecule has 0 aromatic heterocycles. The van der Waals surface area contributed by atoms with Crippen molar-refractivity contribution >= 4 is 17.8 Å². The zero-order chi connectivity index (χ0) is 19.0. The maximum Gasteiger partial charge on any atom is 0.334 e. The van der Waals surface area contributed by atoms with Crippen molar-refractivity contribution in [2.75, 3.05) is 6.54 Å². The highest BCUT2D eigenvalue weighted by Gasteiger charge is 2.40. The van der Waals surface area contributed by atoms with Gasteiger partial charge in [0.25, 0.3) is 0 Å². The van der Waals surface area contributed by atoms with E-state index in [2.05, 4.69) is 10.6 Å². The molecule has 0 saturated heterocycles. The lowest BCUT2D eigenvalue weighted by molar-refractivity contribution is -0.148. The molecule has 142 valence electrons. The van der Waals surface area contributed by atoms with E-state index in [0.29, 0.717) is 17.9 Å². The van der Waals surface area contributed by atoms with Crippen LogP contribution in [0.25, 0.3) is 0 Å². The molecule has 1 fully saturated rings. The molecular formula is C20H28N2O4. The predicted molar refractivity (Wildman–Crippen MR) is 98.4 cm³/mol. The van der Waals surface area contributed by atoms with E-state index in [0.717, 1.165) is 25.7 Å². The molecule has 1 unspecified atom stereocenters. The third-order valence-corrected chi connectivity index (χ3v) is 5.16. The van der Waals surface area contributed by atoms with Crippen molar-refractivity contribution in [1.82, 2.24) is 10.6 Å². The summed E-state index contributed by atoms with van der Waals surface area (Å²) >= 11 is 0. The van der Waals surface area contributed by atoms with E-state index >= 15 is 0 Å². The van der Waals surface area contributed by atoms with Gasteiger partial charge in [-0.1, -0.05) is 56.5 Å². The largest absolute Gasteiger partial charge is 0.479 e. The minimum Gasteiger partial charge on any atom is -0.479 e. The summed E-state index contributed by atoms with van der Waals surface area (Å²) in [6, 6.07) is 8.62. The molecule has 1 saturated carbocycles. The molecule has 0 heterocycles. The van der Waals surface area contributed by atoms with Gasteiger partial charge >= 0.3 is 5.97 Å². The van der Waals surface area contributed by atoms with Crippen LogP contribution in [0.1, 0.15) is 57.4 Å². The van der Waals surface area contributed by atoms with Gasteiger partial charge in [0.05, 0.1) is 6.54 Å². The molecule has 1 atom stereocenters. The first-order chi connectivity index (χ1) is 12.5. The number of carbonyl (C=O) groups excluding carboxylic acids is 2. The van der Waals surface area contributed by atoms with E-state index in [1.807, 2.05) is 0 Å². The topological polar surface area (TPSA) is 95.5 Å². The molecule has 0 bridgehead atoms. The number of hydrogen-bond acceptors (Lipinski definition) is 3. The number of carbonyl (C=O) groups is 3. The zero-order valence-corrected chi connectivity index (χ0v) is 15.3. The van der Waals surface area contributed by atoms with Crippen molar-refractivity contribution < 1.29 is 19.5 Å². The average molecular weight is 360 g/mol. The third-order valence-electron chi connectivity index (χ3n) is 5.16. The Hall–Kier alpha value is -2.37. The van der Waals surface area contributed by atoms with E-state index in [9.17, 15) is 19.5 Å². The van der Waals surface area contributed by atoms with Gasteiger partial charge in [-0.05, 0) is 30.7 Å². The Kier molecular flexibility index (Phi) is 7.18. The number of benzene rings is 1. The van der Waals surface area contributed by atoms with Gasteiger partial charge in [0, 0.05) is 6.42 Å². The van der Waals surface area contributed by atoms with Crippen LogP contribution in [-0.2, 0) is 19.9 Å². The molecule has 6 nitrogen and oxygen atoms in total. The summed E-state index contributed by atoms with van der Waals surface area (Å²) in [6.45, 7) is 1.50. The lowest BCUT2D eigenvalue weighted by Gasteiger charge is -2.30. The number of aliphatic carboxylic acids is 1. The molecule has 0 radical (unpaired) electrons. The second-order valence-corrected chi connectivity index (χ2v) is 6.96. The molecule has 3 N–H and O–H groups in total. The van der Waals surface area contributed by atoms with E-state index in [-0.39, 0.29) is 18.9 Å². The summed E-state index contributed by atoms with van der Waals surface area (Å²) in [5, 5.41) is 14.9. The van der Waals surface area contributed by atoms with Gasteiger partial charge in [0.1, 0.15) is 0 Å². The van der Waals surface area contributed by atoms with E-state index in [4.69, 9.17) is 0 Å². The molecule has 6 heteroatoms. The number of carboxylic acids is 1. The van der Waals surface area contributed by atoms with Crippen LogP contribution < -0.4 is 10.6 Å². The minimum absolute atomic E-state index is 0.149. The third kappa shape index (κ3) is 5.07. The Morgan fingerprint density at radius 1 is 1.08 bits per heavy atom. The lowest BCUT2D eigenvalue weighted by Crippen LogP contribution is -2.53. The van der Waals surface area contributed by atoms with Gasteiger partial charge in [-0.25, -0.2) is 4.79 Å². The summed E-state index contributed by atoms with van der Waals surface area (Å²) in [6.07, 6.45) is 6.31. The summed E-state index contributed by atoms with van der Waals surface area (Å²) < 4.78 is 0. The van der Waals surface area contributed by atoms with Crippen LogP contribution in [0.3, 0.4) is 0 Å². The van der Waals surface area contributed by atoms with Crippen LogP contribution in [0, 0.1) is 5.92 Å². The fraction of sp³-hybridized carbons (Fsp3) is 0.550. The van der Waals surface area contributed by atoms with Crippen LogP contribution in [0.2, 0.25) is 0 Å². The molecule has 0 spiro atoms. The standard InChI is InChI=1S/C20H28N2O4/c1-2-20(19(25)26,16-11-7-4-8-12-16)22-18(24)14-21-17(23)13-15-9-5-3-6-10-15/h4,7-8,11-12,15H,2-3,5-6,9-10,13-14H2,1H3,(H,21,23)(H,22,24)(H,25,26). The number of rotatable bonds is 8. The molecule has 0 aliphatic heterocycles. The van der Waals surface area contributed by atoms with Crippen LogP contribution >= 0.6 is 0 Å². The highest BCUT2D eigenvalue weighted by atomic mass is 16.4. The predicted octanol–water partition coefficient (Wildman–Crippen LogP) is 2.58. The molecule has 1 aliphatic carbocycles. The molecule has 2 amide bonds. The quantitative estimate of drug-likeness (QED) is 0.664. The average Bonchev–Trinajstić information content (AvgIpc) is 2.66. The van der Waals surface area contributed by atoms with E-state index < -0.39 is 17.4 Å². The molecule has 1 aromatic carbocycles. The van der Waals surface area contributed by atoms with Gasteiger partial charge < -0.3 is 15.7 Å². The first-order valence-corrected chi connectivity index (χ1v) is 9.34. The number of carboxylic acid groups (broad SMARTS) is 1. The van der Waals surface area contributed by atoms with Gasteiger partial charge in [0.2, 0.25) is 11.8 Å². The number of amides is 2. The fourth-order valence-electron chi connectivity index (χ4n) is 3.60. The van der Waals surface area contributed by atoms with Crippen molar-refractivity contribution in [3.05, 3.63) is 35.9 Å². The van der Waals surface area contributed by atoms with Gasteiger partial charge in [-0.2, -0.15) is 0 Å². The Bertz CT molecular complexity index is 626. The van der Waals surface area contributed by atoms with Crippen molar-refractivity contribution in [1.29, 1.82) is 0 Å². The van der Waals surface area contributed by atoms with Crippen molar-refractivity contribution in [3.63, 3.8) is 0 Å². The normalized spacial score (nSPS) is 17.1. The van der Waals surface area contributed by atoms with Crippen molar-refractivity contribution in [3.8, 4) is 0 Å². The SMILES string of the molecule is CCC(NC(=O)CNC(=O)CC1CCCCC1)(C(=O)O)c1ccccc1. The number of nitrogens with one attached hydrogen (secondary N) is 2. The van der Waals surface area contributed by atoms with Crippen molar-refractivity contribution in [2.24, 2.45) is 5.92 Å². The number of hydrogen-bond donors (Lipinski definition) is 3. The second kappa shape index (κ2) is 9.36. The maximum absolute atomic E-state index is 12.3. The molecule has 26 heavy (non-hydrogen) atoms. The minimum atomic E-state index is -1.49. The summed E-state index contributed by atoms with van der Waals surface area (Å²) in [7, 11) is 0. The summed E-state index contributed by atoms with van der Waals surface area (Å²) in [4.78, 5) is 36.2. The Morgan fingerprint density at radius 2 is 1.73 bits per heavy atom. The molecule has 1 aromatic rings. The van der Waals surface area contributed by atoms with Crippen molar-refractivity contribution in [2.45, 2.75) is 57.4 Å². The van der Waals surface area contributed by atoms with Gasteiger partial charge in [-0.15, -0.1) is 0 Å².